The lowest BCUT2D eigenvalue weighted by atomic mass is 10.00. The minimum absolute atomic E-state index is 0.00811. The van der Waals surface area contributed by atoms with Gasteiger partial charge in [-0.1, -0.05) is 0 Å². The zero-order valence-corrected chi connectivity index (χ0v) is 14.0. The van der Waals surface area contributed by atoms with Gasteiger partial charge in [0.05, 0.1) is 23.0 Å². The number of hydrogen-bond donors (Lipinski definition) is 5. The number of H-pyrrole nitrogens is 1. The summed E-state index contributed by atoms with van der Waals surface area (Å²) in [6.45, 7) is 0. The molecular formula is C18H15N7O2. The van der Waals surface area contributed by atoms with Crippen LogP contribution in [0.4, 0.5) is 17.1 Å². The first-order chi connectivity index (χ1) is 13.0. The molecule has 4 aromatic rings. The Morgan fingerprint density at radius 2 is 1.93 bits per heavy atom. The van der Waals surface area contributed by atoms with Crippen LogP contribution in [0.15, 0.2) is 48.9 Å². The molecule has 0 saturated carbocycles. The van der Waals surface area contributed by atoms with E-state index in [1.807, 2.05) is 0 Å². The van der Waals surface area contributed by atoms with Gasteiger partial charge in [0.1, 0.15) is 5.75 Å². The SMILES string of the molecule is NC(=O)c1nnc2[nH]cc(Nc3ccc(O)cc3)c2c1-c1ccncc1N. The minimum atomic E-state index is -0.715. The molecule has 0 bridgehead atoms. The number of carbonyl (C=O) groups excluding carboxylic acids is 1. The lowest BCUT2D eigenvalue weighted by molar-refractivity contribution is 0.0995. The fraction of sp³-hybridized carbons (Fsp3) is 0. The fourth-order valence-corrected chi connectivity index (χ4v) is 2.88. The number of amides is 1. The van der Waals surface area contributed by atoms with Crippen molar-refractivity contribution in [1.29, 1.82) is 0 Å². The molecule has 0 aliphatic rings. The Kier molecular flexibility index (Phi) is 3.81. The van der Waals surface area contributed by atoms with Crippen LogP contribution in [0.1, 0.15) is 10.5 Å². The van der Waals surface area contributed by atoms with Crippen LogP contribution in [0.3, 0.4) is 0 Å². The molecule has 0 aliphatic heterocycles. The van der Waals surface area contributed by atoms with Crippen molar-refractivity contribution in [3.8, 4) is 16.9 Å². The molecule has 4 rings (SSSR count). The van der Waals surface area contributed by atoms with Crippen LogP contribution >= 0.6 is 0 Å². The van der Waals surface area contributed by atoms with Crippen LogP contribution in [0.2, 0.25) is 0 Å². The van der Waals surface area contributed by atoms with E-state index in [1.54, 1.807) is 42.7 Å². The summed E-state index contributed by atoms with van der Waals surface area (Å²) in [5, 5.41) is 21.3. The Morgan fingerprint density at radius 3 is 2.63 bits per heavy atom. The molecule has 0 saturated heterocycles. The van der Waals surface area contributed by atoms with Gasteiger partial charge in [-0.05, 0) is 30.3 Å². The molecule has 1 aromatic carbocycles. The van der Waals surface area contributed by atoms with Crippen LogP contribution < -0.4 is 16.8 Å². The lowest BCUT2D eigenvalue weighted by Crippen LogP contribution is -2.16. The summed E-state index contributed by atoms with van der Waals surface area (Å²) >= 11 is 0. The van der Waals surface area contributed by atoms with Crippen LogP contribution in [-0.2, 0) is 0 Å². The molecule has 9 nitrogen and oxygen atoms in total. The van der Waals surface area contributed by atoms with E-state index >= 15 is 0 Å². The molecule has 3 aromatic heterocycles. The predicted octanol–water partition coefficient (Wildman–Crippen LogP) is 2.15. The molecule has 27 heavy (non-hydrogen) atoms. The smallest absolute Gasteiger partial charge is 0.269 e. The average molecular weight is 361 g/mol. The van der Waals surface area contributed by atoms with Crippen LogP contribution in [0.25, 0.3) is 22.2 Å². The maximum atomic E-state index is 12.0. The third kappa shape index (κ3) is 2.86. The number of phenols is 1. The number of aromatic amines is 1. The van der Waals surface area contributed by atoms with Gasteiger partial charge < -0.3 is 26.9 Å². The Hall–Kier alpha value is -4.14. The van der Waals surface area contributed by atoms with E-state index in [-0.39, 0.29) is 11.4 Å². The molecule has 0 spiro atoms. The second-order valence-corrected chi connectivity index (χ2v) is 5.85. The van der Waals surface area contributed by atoms with Gasteiger partial charge in [0.25, 0.3) is 5.91 Å². The molecule has 1 amide bonds. The van der Waals surface area contributed by atoms with Crippen LogP contribution in [-0.4, -0.2) is 31.2 Å². The van der Waals surface area contributed by atoms with E-state index in [2.05, 4.69) is 25.5 Å². The number of rotatable bonds is 4. The van der Waals surface area contributed by atoms with Gasteiger partial charge in [-0.2, -0.15) is 0 Å². The van der Waals surface area contributed by atoms with Gasteiger partial charge in [0.2, 0.25) is 0 Å². The summed E-state index contributed by atoms with van der Waals surface area (Å²) in [6, 6.07) is 8.26. The van der Waals surface area contributed by atoms with E-state index in [4.69, 9.17) is 11.5 Å². The van der Waals surface area contributed by atoms with E-state index in [9.17, 15) is 9.90 Å². The highest BCUT2D eigenvalue weighted by molar-refractivity contribution is 6.12. The number of hydrogen-bond acceptors (Lipinski definition) is 7. The number of anilines is 3. The number of nitrogens with one attached hydrogen (secondary N) is 2. The Morgan fingerprint density at radius 1 is 1.15 bits per heavy atom. The second kappa shape index (κ2) is 6.30. The molecule has 0 radical (unpaired) electrons. The van der Waals surface area contributed by atoms with Gasteiger partial charge >= 0.3 is 0 Å². The zero-order valence-electron chi connectivity index (χ0n) is 14.0. The summed E-state index contributed by atoms with van der Waals surface area (Å²) in [6.07, 6.45) is 4.77. The first-order valence-corrected chi connectivity index (χ1v) is 7.98. The summed E-state index contributed by atoms with van der Waals surface area (Å²) < 4.78 is 0. The maximum absolute atomic E-state index is 12.0. The van der Waals surface area contributed by atoms with E-state index in [1.165, 1.54) is 6.20 Å². The topological polar surface area (TPSA) is 156 Å². The fourth-order valence-electron chi connectivity index (χ4n) is 2.88. The Bertz CT molecular complexity index is 1150. The first kappa shape index (κ1) is 16.3. The number of carbonyl (C=O) groups is 1. The Balaban J connectivity index is 1.97. The first-order valence-electron chi connectivity index (χ1n) is 7.98. The van der Waals surface area contributed by atoms with Gasteiger partial charge in [-0.25, -0.2) is 0 Å². The van der Waals surface area contributed by atoms with Crippen molar-refractivity contribution in [2.75, 3.05) is 11.1 Å². The van der Waals surface area contributed by atoms with E-state index in [0.717, 1.165) is 5.69 Å². The molecule has 0 unspecified atom stereocenters. The number of aromatic nitrogens is 4. The van der Waals surface area contributed by atoms with Gasteiger partial charge in [0.15, 0.2) is 11.3 Å². The zero-order chi connectivity index (χ0) is 19.0. The molecular weight excluding hydrogens is 346 g/mol. The van der Waals surface area contributed by atoms with E-state index < -0.39 is 5.91 Å². The lowest BCUT2D eigenvalue weighted by Gasteiger charge is -2.12. The molecule has 0 atom stereocenters. The third-order valence-electron chi connectivity index (χ3n) is 4.10. The summed E-state index contributed by atoms with van der Waals surface area (Å²) in [7, 11) is 0. The highest BCUT2D eigenvalue weighted by Gasteiger charge is 2.22. The summed E-state index contributed by atoms with van der Waals surface area (Å²) in [4.78, 5) is 19.0. The number of primary amides is 1. The molecule has 9 heteroatoms. The second-order valence-electron chi connectivity index (χ2n) is 5.85. The van der Waals surface area contributed by atoms with Crippen LogP contribution in [0, 0.1) is 0 Å². The standard InChI is InChI=1S/C18H15N7O2/c19-12-7-21-6-5-11(12)14-15-13(23-9-1-3-10(26)4-2-9)8-22-18(15)25-24-16(14)17(20)27/h1-8,23,26H,19H2,(H2,20,27)(H,22,25). The number of nitrogens with two attached hydrogens (primary N) is 2. The van der Waals surface area contributed by atoms with E-state index in [0.29, 0.717) is 33.5 Å². The number of phenolic OH excluding ortho intramolecular Hbond substituents is 1. The monoisotopic (exact) mass is 361 g/mol. The van der Waals surface area contributed by atoms with Gasteiger partial charge in [-0.15, -0.1) is 10.2 Å². The maximum Gasteiger partial charge on any atom is 0.269 e. The van der Waals surface area contributed by atoms with Crippen molar-refractivity contribution >= 4 is 34.0 Å². The third-order valence-corrected chi connectivity index (χ3v) is 4.10. The van der Waals surface area contributed by atoms with Gasteiger partial charge in [0, 0.05) is 29.2 Å². The predicted molar refractivity (Wildman–Crippen MR) is 101 cm³/mol. The average Bonchev–Trinajstić information content (AvgIpc) is 3.06. The van der Waals surface area contributed by atoms with Crippen molar-refractivity contribution in [3.63, 3.8) is 0 Å². The molecule has 0 fully saturated rings. The quantitative estimate of drug-likeness (QED) is 0.349. The van der Waals surface area contributed by atoms with Crippen LogP contribution in [0.5, 0.6) is 5.75 Å². The molecule has 0 aliphatic carbocycles. The number of nitrogens with zero attached hydrogens (tertiary/aromatic N) is 3. The summed E-state index contributed by atoms with van der Waals surface area (Å²) in [5.41, 5.74) is 14.9. The largest absolute Gasteiger partial charge is 0.508 e. The highest BCUT2D eigenvalue weighted by atomic mass is 16.3. The summed E-state index contributed by atoms with van der Waals surface area (Å²) in [5.74, 6) is -0.556. The van der Waals surface area contributed by atoms with Crippen molar-refractivity contribution in [2.45, 2.75) is 0 Å². The number of aromatic hydroxyl groups is 1. The number of nitrogen functional groups attached to an aromatic ring is 1. The van der Waals surface area contributed by atoms with Crippen molar-refractivity contribution in [1.82, 2.24) is 20.2 Å². The highest BCUT2D eigenvalue weighted by Crippen LogP contribution is 2.38. The molecule has 7 N–H and O–H groups in total. The van der Waals surface area contributed by atoms with Gasteiger partial charge in [-0.3, -0.25) is 9.78 Å². The number of fused-ring (bicyclic) bond motifs is 1. The Labute approximate surface area is 153 Å². The molecule has 134 valence electrons. The van der Waals surface area contributed by atoms with Crippen molar-refractivity contribution in [2.24, 2.45) is 5.73 Å². The van der Waals surface area contributed by atoms with Crippen molar-refractivity contribution < 1.29 is 9.90 Å². The number of pyridine rings is 1. The normalized spacial score (nSPS) is 10.8. The number of benzene rings is 1. The molecule has 3 heterocycles. The minimum Gasteiger partial charge on any atom is -0.508 e. The van der Waals surface area contributed by atoms with Crippen molar-refractivity contribution in [3.05, 3.63) is 54.6 Å².